The lowest BCUT2D eigenvalue weighted by atomic mass is 9.93. The van der Waals surface area contributed by atoms with Gasteiger partial charge in [-0.3, -0.25) is 9.58 Å². The zero-order valence-corrected chi connectivity index (χ0v) is 10.8. The van der Waals surface area contributed by atoms with Crippen molar-refractivity contribution in [1.29, 1.82) is 0 Å². The summed E-state index contributed by atoms with van der Waals surface area (Å²) < 4.78 is 1.83. The van der Waals surface area contributed by atoms with Crippen molar-refractivity contribution >= 4 is 0 Å². The fourth-order valence-corrected chi connectivity index (χ4v) is 2.55. The molecule has 0 amide bonds. The van der Waals surface area contributed by atoms with E-state index in [0.29, 0.717) is 12.6 Å². The summed E-state index contributed by atoms with van der Waals surface area (Å²) in [5.41, 5.74) is 6.55. The summed E-state index contributed by atoms with van der Waals surface area (Å²) >= 11 is 0. The Morgan fingerprint density at radius 1 is 1.47 bits per heavy atom. The topological polar surface area (TPSA) is 60.0 Å². The largest absolute Gasteiger partial charge is 0.329 e. The average molecular weight is 237 g/mol. The quantitative estimate of drug-likeness (QED) is 0.843. The van der Waals surface area contributed by atoms with Gasteiger partial charge in [-0.05, 0) is 32.2 Å². The second-order valence-electron chi connectivity index (χ2n) is 5.21. The fraction of sp³-hybridized carbons (Fsp3) is 0.833. The maximum absolute atomic E-state index is 5.49. The van der Waals surface area contributed by atoms with E-state index in [-0.39, 0.29) is 0 Å². The summed E-state index contributed by atoms with van der Waals surface area (Å²) in [7, 11) is 0. The summed E-state index contributed by atoms with van der Waals surface area (Å²) in [4.78, 5) is 2.50. The van der Waals surface area contributed by atoms with Crippen molar-refractivity contribution in [1.82, 2.24) is 19.9 Å². The van der Waals surface area contributed by atoms with Crippen LogP contribution in [0.3, 0.4) is 0 Å². The monoisotopic (exact) mass is 237 g/mol. The Labute approximate surface area is 103 Å². The Balaban J connectivity index is 1.91. The van der Waals surface area contributed by atoms with Crippen LogP contribution in [0.2, 0.25) is 0 Å². The molecule has 1 aromatic rings. The highest BCUT2D eigenvalue weighted by Gasteiger charge is 2.23. The molecule has 0 aliphatic carbocycles. The lowest BCUT2D eigenvalue weighted by Gasteiger charge is -2.35. The molecule has 0 aromatic carbocycles. The van der Waals surface area contributed by atoms with Gasteiger partial charge in [0.1, 0.15) is 0 Å². The number of piperidine rings is 1. The zero-order chi connectivity index (χ0) is 12.3. The third-order valence-corrected chi connectivity index (χ3v) is 3.59. The van der Waals surface area contributed by atoms with Crippen molar-refractivity contribution in [3.8, 4) is 0 Å². The van der Waals surface area contributed by atoms with Crippen LogP contribution in [0, 0.1) is 5.92 Å². The predicted octanol–water partition coefficient (Wildman–Crippen LogP) is 0.857. The van der Waals surface area contributed by atoms with Gasteiger partial charge in [0.25, 0.3) is 0 Å². The summed E-state index contributed by atoms with van der Waals surface area (Å²) in [5, 5.41) is 8.27. The van der Waals surface area contributed by atoms with Crippen molar-refractivity contribution in [3.63, 3.8) is 0 Å². The van der Waals surface area contributed by atoms with Gasteiger partial charge in [-0.15, -0.1) is 5.10 Å². The van der Waals surface area contributed by atoms with Gasteiger partial charge in [0.05, 0.1) is 12.2 Å². The molecule has 17 heavy (non-hydrogen) atoms. The molecule has 1 aliphatic heterocycles. The maximum atomic E-state index is 5.49. The van der Waals surface area contributed by atoms with Crippen LogP contribution in [0.1, 0.15) is 32.4 Å². The highest BCUT2D eigenvalue weighted by molar-refractivity contribution is 4.94. The van der Waals surface area contributed by atoms with E-state index in [0.717, 1.165) is 24.7 Å². The Morgan fingerprint density at radius 2 is 2.29 bits per heavy atom. The van der Waals surface area contributed by atoms with Gasteiger partial charge >= 0.3 is 0 Å². The van der Waals surface area contributed by atoms with E-state index in [2.05, 4.69) is 29.1 Å². The Bertz CT molecular complexity index is 348. The predicted molar refractivity (Wildman–Crippen MR) is 67.3 cm³/mol. The lowest BCUT2D eigenvalue weighted by molar-refractivity contribution is 0.120. The lowest BCUT2D eigenvalue weighted by Crippen LogP contribution is -2.39. The van der Waals surface area contributed by atoms with Crippen LogP contribution in [-0.2, 0) is 13.1 Å². The minimum Gasteiger partial charge on any atom is -0.329 e. The molecule has 0 saturated carbocycles. The molecule has 1 fully saturated rings. The second-order valence-corrected chi connectivity index (χ2v) is 5.21. The molecular formula is C12H23N5. The first-order valence-corrected chi connectivity index (χ1v) is 6.52. The number of likely N-dealkylation sites (tertiary alicyclic amines) is 1. The molecular weight excluding hydrogens is 214 g/mol. The van der Waals surface area contributed by atoms with E-state index in [9.17, 15) is 0 Å². The van der Waals surface area contributed by atoms with E-state index < -0.39 is 0 Å². The zero-order valence-electron chi connectivity index (χ0n) is 10.8. The standard InChI is InChI=1S/C12H23N5/c1-10-3-5-16(11(2)7-10)8-12-9-17(6-4-13)15-14-12/h9-11H,3-8,13H2,1-2H3. The molecule has 2 atom stereocenters. The number of nitrogens with zero attached hydrogens (tertiary/aromatic N) is 4. The van der Waals surface area contributed by atoms with Crippen molar-refractivity contribution in [2.24, 2.45) is 11.7 Å². The number of hydrogen-bond acceptors (Lipinski definition) is 4. The van der Waals surface area contributed by atoms with Crippen LogP contribution >= 0.6 is 0 Å². The van der Waals surface area contributed by atoms with Gasteiger partial charge in [-0.2, -0.15) is 0 Å². The molecule has 96 valence electrons. The molecule has 5 heteroatoms. The number of rotatable bonds is 4. The van der Waals surface area contributed by atoms with Crippen molar-refractivity contribution in [3.05, 3.63) is 11.9 Å². The smallest absolute Gasteiger partial charge is 0.0967 e. The highest BCUT2D eigenvalue weighted by atomic mass is 15.4. The minimum absolute atomic E-state index is 0.612. The van der Waals surface area contributed by atoms with Gasteiger partial charge in [-0.25, -0.2) is 0 Å². The van der Waals surface area contributed by atoms with Crippen LogP contribution in [0.5, 0.6) is 0 Å². The first-order valence-electron chi connectivity index (χ1n) is 6.52. The van der Waals surface area contributed by atoms with Crippen LogP contribution in [0.4, 0.5) is 0 Å². The molecule has 1 aromatic heterocycles. The summed E-state index contributed by atoms with van der Waals surface area (Å²) in [6, 6.07) is 0.651. The van der Waals surface area contributed by atoms with Crippen LogP contribution in [-0.4, -0.2) is 39.0 Å². The Kier molecular flexibility index (Phi) is 4.12. The molecule has 1 saturated heterocycles. The van der Waals surface area contributed by atoms with E-state index in [1.54, 1.807) is 0 Å². The Hall–Kier alpha value is -0.940. The Morgan fingerprint density at radius 3 is 3.00 bits per heavy atom. The summed E-state index contributed by atoms with van der Waals surface area (Å²) in [5.74, 6) is 0.856. The van der Waals surface area contributed by atoms with Gasteiger partial charge in [-0.1, -0.05) is 12.1 Å². The van der Waals surface area contributed by atoms with E-state index in [1.165, 1.54) is 19.4 Å². The molecule has 0 bridgehead atoms. The first-order chi connectivity index (χ1) is 8.19. The minimum atomic E-state index is 0.612. The second kappa shape index (κ2) is 5.60. The third-order valence-electron chi connectivity index (χ3n) is 3.59. The third kappa shape index (κ3) is 3.26. The van der Waals surface area contributed by atoms with Crippen molar-refractivity contribution < 1.29 is 0 Å². The maximum Gasteiger partial charge on any atom is 0.0967 e. The van der Waals surface area contributed by atoms with Crippen molar-refractivity contribution in [2.45, 2.75) is 45.8 Å². The number of hydrogen-bond donors (Lipinski definition) is 1. The summed E-state index contributed by atoms with van der Waals surface area (Å²) in [6.07, 6.45) is 4.59. The molecule has 1 aliphatic rings. The molecule has 0 spiro atoms. The highest BCUT2D eigenvalue weighted by Crippen LogP contribution is 2.23. The van der Waals surface area contributed by atoms with Gasteiger partial charge in [0.2, 0.25) is 0 Å². The molecule has 2 heterocycles. The number of aromatic nitrogens is 3. The van der Waals surface area contributed by atoms with Gasteiger partial charge in [0.15, 0.2) is 0 Å². The molecule has 0 radical (unpaired) electrons. The van der Waals surface area contributed by atoms with Crippen molar-refractivity contribution in [2.75, 3.05) is 13.1 Å². The van der Waals surface area contributed by atoms with E-state index >= 15 is 0 Å². The van der Waals surface area contributed by atoms with Crippen LogP contribution in [0.25, 0.3) is 0 Å². The van der Waals surface area contributed by atoms with Crippen LogP contribution < -0.4 is 5.73 Å². The summed E-state index contributed by atoms with van der Waals surface area (Å²) in [6.45, 7) is 8.09. The fourth-order valence-electron chi connectivity index (χ4n) is 2.55. The molecule has 2 rings (SSSR count). The van der Waals surface area contributed by atoms with Gasteiger partial charge in [0, 0.05) is 25.3 Å². The first kappa shape index (κ1) is 12.5. The molecule has 2 N–H and O–H groups in total. The van der Waals surface area contributed by atoms with Crippen LogP contribution in [0.15, 0.2) is 6.20 Å². The molecule has 5 nitrogen and oxygen atoms in total. The van der Waals surface area contributed by atoms with E-state index in [1.807, 2.05) is 10.9 Å². The van der Waals surface area contributed by atoms with Gasteiger partial charge < -0.3 is 5.73 Å². The SMILES string of the molecule is CC1CCN(Cc2cn(CCN)nn2)C(C)C1. The number of nitrogens with two attached hydrogens (primary N) is 1. The molecule has 2 unspecified atom stereocenters. The average Bonchev–Trinajstić information content (AvgIpc) is 2.71. The normalized spacial score (nSPS) is 26.3. The van der Waals surface area contributed by atoms with E-state index in [4.69, 9.17) is 5.73 Å².